The molecule has 48 valence electrons. The van der Waals surface area contributed by atoms with E-state index in [0.29, 0.717) is 0 Å². The standard InChI is InChI=1S/C7H8BrN/c1-5-3-9-4-6(2)7(5)8/h3-4H,1-2H3/i1D3,2D3,3D,4D. The fourth-order valence-corrected chi connectivity index (χ4v) is 0.540. The van der Waals surface area contributed by atoms with Gasteiger partial charge in [-0.05, 0) is 24.8 Å². The van der Waals surface area contributed by atoms with E-state index >= 15 is 0 Å². The van der Waals surface area contributed by atoms with Gasteiger partial charge in [0, 0.05) is 25.0 Å². The second-order valence-corrected chi connectivity index (χ2v) is 2.19. The molecule has 0 aliphatic carbocycles. The van der Waals surface area contributed by atoms with Crippen LogP contribution < -0.4 is 0 Å². The van der Waals surface area contributed by atoms with Crippen molar-refractivity contribution in [3.05, 3.63) is 27.9 Å². The summed E-state index contributed by atoms with van der Waals surface area (Å²) in [4.78, 5) is 3.35. The van der Waals surface area contributed by atoms with E-state index in [2.05, 4.69) is 20.9 Å². The van der Waals surface area contributed by atoms with Crippen LogP contribution in [0.25, 0.3) is 0 Å². The van der Waals surface area contributed by atoms with Gasteiger partial charge in [-0.25, -0.2) is 0 Å². The van der Waals surface area contributed by atoms with Crippen molar-refractivity contribution < 1.29 is 11.0 Å². The lowest BCUT2D eigenvalue weighted by atomic mass is 10.2. The number of hydrogen-bond donors (Lipinski definition) is 0. The Kier molecular flexibility index (Phi) is 0.501. The molecular weight excluding hydrogens is 178 g/mol. The first kappa shape index (κ1) is 1.82. The molecule has 9 heavy (non-hydrogen) atoms. The van der Waals surface area contributed by atoms with E-state index in [1.807, 2.05) is 0 Å². The van der Waals surface area contributed by atoms with Gasteiger partial charge in [0.2, 0.25) is 0 Å². The van der Waals surface area contributed by atoms with Gasteiger partial charge in [0.25, 0.3) is 0 Å². The highest BCUT2D eigenvalue weighted by Gasteiger charge is 1.95. The van der Waals surface area contributed by atoms with E-state index in [1.54, 1.807) is 0 Å². The molecule has 0 N–H and O–H groups in total. The summed E-state index contributed by atoms with van der Waals surface area (Å²) in [7, 11) is 0. The van der Waals surface area contributed by atoms with E-state index in [4.69, 9.17) is 11.0 Å². The van der Waals surface area contributed by atoms with Gasteiger partial charge in [0.1, 0.15) is 0 Å². The molecule has 0 saturated heterocycles. The highest BCUT2D eigenvalue weighted by atomic mass is 79.9. The summed E-state index contributed by atoms with van der Waals surface area (Å²) in [6, 6.07) is 0. The number of pyridine rings is 1. The van der Waals surface area contributed by atoms with Gasteiger partial charge in [-0.1, -0.05) is 15.9 Å². The molecule has 1 rings (SSSR count). The first-order valence-electron chi connectivity index (χ1n) is 6.14. The molecule has 0 saturated carbocycles. The minimum Gasteiger partial charge on any atom is -0.264 e. The predicted molar refractivity (Wildman–Crippen MR) is 41.4 cm³/mol. The summed E-state index contributed by atoms with van der Waals surface area (Å²) in [5, 5.41) is 0. The number of hydrogen-bond acceptors (Lipinski definition) is 1. The molecule has 0 fully saturated rings. The van der Waals surface area contributed by atoms with Crippen molar-refractivity contribution in [2.45, 2.75) is 13.7 Å². The first-order chi connectivity index (χ1) is 7.46. The maximum Gasteiger partial charge on any atom is 0.0843 e. The van der Waals surface area contributed by atoms with E-state index in [1.165, 1.54) is 0 Å². The Bertz CT molecular complexity index is 410. The Morgan fingerprint density at radius 3 is 2.56 bits per heavy atom. The van der Waals surface area contributed by atoms with E-state index in [9.17, 15) is 0 Å². The van der Waals surface area contributed by atoms with Crippen LogP contribution in [0.5, 0.6) is 0 Å². The molecule has 0 aromatic carbocycles. The lowest BCUT2D eigenvalue weighted by Gasteiger charge is -1.97. The predicted octanol–water partition coefficient (Wildman–Crippen LogP) is 2.46. The third kappa shape index (κ3) is 1.30. The Morgan fingerprint density at radius 1 is 1.56 bits per heavy atom. The molecule has 2 heteroatoms. The molecule has 0 amide bonds. The van der Waals surface area contributed by atoms with Crippen LogP contribution in [0.4, 0.5) is 0 Å². The highest BCUT2D eigenvalue weighted by molar-refractivity contribution is 9.10. The van der Waals surface area contributed by atoms with Gasteiger partial charge in [0.05, 0.1) is 2.74 Å². The van der Waals surface area contributed by atoms with Crippen LogP contribution in [-0.2, 0) is 0 Å². The van der Waals surface area contributed by atoms with Gasteiger partial charge in [0.15, 0.2) is 0 Å². The number of rotatable bonds is 0. The lowest BCUT2D eigenvalue weighted by molar-refractivity contribution is 1.20. The normalized spacial score (nSPS) is 25.4. The lowest BCUT2D eigenvalue weighted by Crippen LogP contribution is -1.82. The van der Waals surface area contributed by atoms with Crippen molar-refractivity contribution in [1.29, 1.82) is 0 Å². The largest absolute Gasteiger partial charge is 0.264 e. The van der Waals surface area contributed by atoms with Crippen molar-refractivity contribution >= 4 is 15.9 Å². The zero-order valence-corrected chi connectivity index (χ0v) is 5.91. The van der Waals surface area contributed by atoms with Crippen LogP contribution in [0.3, 0.4) is 0 Å². The van der Waals surface area contributed by atoms with Crippen LogP contribution in [0.2, 0.25) is 0 Å². The molecular formula is C7H8BrN. The minimum atomic E-state index is -2.66. The van der Waals surface area contributed by atoms with Crippen LogP contribution in [0.1, 0.15) is 22.1 Å². The van der Waals surface area contributed by atoms with Crippen molar-refractivity contribution in [3.63, 3.8) is 0 Å². The molecule has 1 aromatic heterocycles. The summed E-state index contributed by atoms with van der Waals surface area (Å²) < 4.78 is 57.9. The average Bonchev–Trinajstić information content (AvgIpc) is 1.94. The maximum atomic E-state index is 7.40. The zero-order valence-electron chi connectivity index (χ0n) is 12.3. The van der Waals surface area contributed by atoms with Gasteiger partial charge in [-0.3, -0.25) is 4.98 Å². The third-order valence-corrected chi connectivity index (χ3v) is 1.57. The third-order valence-electron chi connectivity index (χ3n) is 0.774. The molecule has 0 atom stereocenters. The molecule has 0 aliphatic rings. The second-order valence-electron chi connectivity index (χ2n) is 1.40. The molecule has 0 bridgehead atoms. The highest BCUT2D eigenvalue weighted by Crippen LogP contribution is 2.17. The van der Waals surface area contributed by atoms with Crippen molar-refractivity contribution in [2.24, 2.45) is 0 Å². The fraction of sp³-hybridized carbons (Fsp3) is 0.286. The molecule has 0 radical (unpaired) electrons. The topological polar surface area (TPSA) is 12.9 Å². The number of aromatic nitrogens is 1. The summed E-state index contributed by atoms with van der Waals surface area (Å²) in [5.74, 6) is 0. The van der Waals surface area contributed by atoms with Crippen LogP contribution in [-0.4, -0.2) is 4.98 Å². The van der Waals surface area contributed by atoms with Crippen LogP contribution in [0.15, 0.2) is 16.8 Å². The van der Waals surface area contributed by atoms with Crippen molar-refractivity contribution in [2.75, 3.05) is 0 Å². The van der Waals surface area contributed by atoms with E-state index in [-0.39, 0.29) is 4.47 Å². The van der Waals surface area contributed by atoms with E-state index < -0.39 is 37.2 Å². The van der Waals surface area contributed by atoms with Crippen molar-refractivity contribution in [1.82, 2.24) is 4.98 Å². The number of nitrogens with zero attached hydrogens (tertiary/aromatic N) is 1. The zero-order chi connectivity index (χ0) is 13.6. The number of halogens is 1. The second kappa shape index (κ2) is 2.48. The molecule has 0 unspecified atom stereocenters. The Balaban J connectivity index is 3.67. The van der Waals surface area contributed by atoms with Gasteiger partial charge < -0.3 is 0 Å². The first-order valence-corrected chi connectivity index (χ1v) is 2.93. The quantitative estimate of drug-likeness (QED) is 0.618. The van der Waals surface area contributed by atoms with Gasteiger partial charge in [-0.15, -0.1) is 0 Å². The Morgan fingerprint density at radius 2 is 2.11 bits per heavy atom. The van der Waals surface area contributed by atoms with Crippen molar-refractivity contribution in [3.8, 4) is 0 Å². The monoisotopic (exact) mass is 193 g/mol. The van der Waals surface area contributed by atoms with Crippen LogP contribution >= 0.6 is 15.9 Å². The SMILES string of the molecule is [2H]c1nc([2H])c(C([2H])([2H])[2H])c(Br)c1C([2H])([2H])[2H]. The Hall–Kier alpha value is -0.370. The van der Waals surface area contributed by atoms with Gasteiger partial charge >= 0.3 is 0 Å². The smallest absolute Gasteiger partial charge is 0.0843 e. The molecule has 0 aliphatic heterocycles. The van der Waals surface area contributed by atoms with E-state index in [0.717, 1.165) is 0 Å². The summed E-state index contributed by atoms with van der Waals surface area (Å²) >= 11 is 2.85. The van der Waals surface area contributed by atoms with Crippen LogP contribution in [0, 0.1) is 13.7 Å². The summed E-state index contributed by atoms with van der Waals surface area (Å²) in [6.07, 6.45) is -1.23. The maximum absolute atomic E-state index is 7.40. The Labute approximate surface area is 74.5 Å². The fourth-order valence-electron chi connectivity index (χ4n) is 0.363. The average molecular weight is 194 g/mol. The molecule has 1 heterocycles. The summed E-state index contributed by atoms with van der Waals surface area (Å²) in [6.45, 7) is -5.31. The molecule has 1 aromatic rings. The minimum absolute atomic E-state index is 0.262. The summed E-state index contributed by atoms with van der Waals surface area (Å²) in [5.41, 5.74) is -0.973. The molecule has 1 nitrogen and oxygen atoms in total. The molecule has 0 spiro atoms. The van der Waals surface area contributed by atoms with Gasteiger partial charge in [-0.2, -0.15) is 0 Å².